The number of anilines is 1. The van der Waals surface area contributed by atoms with Gasteiger partial charge in [0.25, 0.3) is 0 Å². The van der Waals surface area contributed by atoms with Crippen LogP contribution in [0.25, 0.3) is 0 Å². The van der Waals surface area contributed by atoms with Gasteiger partial charge in [0, 0.05) is 38.9 Å². The number of nitrogens with zero attached hydrogens (tertiary/aromatic N) is 3. The average Bonchev–Trinajstić information content (AvgIpc) is 2.40. The van der Waals surface area contributed by atoms with Crippen molar-refractivity contribution in [3.05, 3.63) is 22.3 Å². The minimum Gasteiger partial charge on any atom is -0.353 e. The number of hydrogen-bond acceptors (Lipinski definition) is 4. The van der Waals surface area contributed by atoms with Crippen molar-refractivity contribution in [1.29, 1.82) is 0 Å². The summed E-state index contributed by atoms with van der Waals surface area (Å²) in [4.78, 5) is 8.98. The van der Waals surface area contributed by atoms with E-state index < -0.39 is 0 Å². The lowest BCUT2D eigenvalue weighted by Gasteiger charge is -2.36. The highest BCUT2D eigenvalue weighted by atomic mass is 35.5. The van der Waals surface area contributed by atoms with Gasteiger partial charge in [-0.1, -0.05) is 30.1 Å². The molecule has 2 heterocycles. The number of pyridine rings is 1. The van der Waals surface area contributed by atoms with Crippen LogP contribution in [0.4, 0.5) is 5.82 Å². The van der Waals surface area contributed by atoms with Gasteiger partial charge in [-0.3, -0.25) is 4.90 Å². The van der Waals surface area contributed by atoms with Gasteiger partial charge >= 0.3 is 0 Å². The second kappa shape index (κ2) is 6.75. The molecule has 106 valence electrons. The van der Waals surface area contributed by atoms with Crippen LogP contribution in [0.5, 0.6) is 0 Å². The summed E-state index contributed by atoms with van der Waals surface area (Å²) < 4.78 is 0. The first kappa shape index (κ1) is 14.9. The van der Waals surface area contributed by atoms with Gasteiger partial charge in [-0.2, -0.15) is 0 Å². The average molecular weight is 303 g/mol. The summed E-state index contributed by atoms with van der Waals surface area (Å²) in [6.45, 7) is 7.90. The Bertz CT molecular complexity index is 419. The maximum atomic E-state index is 6.19. The lowest BCUT2D eigenvalue weighted by atomic mass is 10.1. The van der Waals surface area contributed by atoms with E-state index in [4.69, 9.17) is 28.9 Å². The number of aromatic nitrogens is 1. The summed E-state index contributed by atoms with van der Waals surface area (Å²) in [5, 5.41) is 1.19. The van der Waals surface area contributed by atoms with Gasteiger partial charge in [-0.05, 0) is 18.5 Å². The Labute approximate surface area is 124 Å². The van der Waals surface area contributed by atoms with Crippen molar-refractivity contribution in [3.8, 4) is 0 Å². The summed E-state index contributed by atoms with van der Waals surface area (Å²) in [7, 11) is 0. The fourth-order valence-corrected chi connectivity index (χ4v) is 2.80. The molecule has 1 saturated heterocycles. The first-order chi connectivity index (χ1) is 9.10. The SMILES string of the molecule is CC(CN)CN1CCN(c2ncc(Cl)cc2Cl)CC1. The van der Waals surface area contributed by atoms with Crippen molar-refractivity contribution in [2.24, 2.45) is 11.7 Å². The fraction of sp³-hybridized carbons (Fsp3) is 0.615. The van der Waals surface area contributed by atoms with Gasteiger partial charge in [0.05, 0.1) is 10.0 Å². The summed E-state index contributed by atoms with van der Waals surface area (Å²) >= 11 is 12.1. The van der Waals surface area contributed by atoms with Gasteiger partial charge in [-0.15, -0.1) is 0 Å². The van der Waals surface area contributed by atoms with Gasteiger partial charge in [-0.25, -0.2) is 4.98 Å². The molecule has 1 atom stereocenters. The Morgan fingerprint density at radius 1 is 1.32 bits per heavy atom. The first-order valence-corrected chi connectivity index (χ1v) is 7.34. The molecule has 1 aliphatic heterocycles. The van der Waals surface area contributed by atoms with Crippen LogP contribution in [0.15, 0.2) is 12.3 Å². The highest BCUT2D eigenvalue weighted by Gasteiger charge is 2.20. The highest BCUT2D eigenvalue weighted by molar-refractivity contribution is 6.36. The maximum Gasteiger partial charge on any atom is 0.147 e. The third kappa shape index (κ3) is 3.96. The largest absolute Gasteiger partial charge is 0.353 e. The normalized spacial score (nSPS) is 18.6. The van der Waals surface area contributed by atoms with Crippen LogP contribution in [0, 0.1) is 5.92 Å². The van der Waals surface area contributed by atoms with E-state index in [9.17, 15) is 0 Å². The third-order valence-corrected chi connectivity index (χ3v) is 3.92. The Hall–Kier alpha value is -0.550. The van der Waals surface area contributed by atoms with Crippen LogP contribution in [0.2, 0.25) is 10.0 Å². The smallest absolute Gasteiger partial charge is 0.147 e. The molecular formula is C13H20Cl2N4. The second-order valence-corrected chi connectivity index (χ2v) is 5.93. The molecule has 0 radical (unpaired) electrons. The van der Waals surface area contributed by atoms with E-state index in [0.717, 1.165) is 45.1 Å². The van der Waals surface area contributed by atoms with Crippen LogP contribution in [-0.2, 0) is 0 Å². The molecule has 1 fully saturated rings. The van der Waals surface area contributed by atoms with Gasteiger partial charge in [0.2, 0.25) is 0 Å². The summed E-state index contributed by atoms with van der Waals surface area (Å²) in [5.41, 5.74) is 5.66. The number of nitrogens with two attached hydrogens (primary N) is 1. The molecular weight excluding hydrogens is 283 g/mol. The van der Waals surface area contributed by atoms with Crippen LogP contribution in [0.3, 0.4) is 0 Å². The molecule has 1 aromatic rings. The lowest BCUT2D eigenvalue weighted by molar-refractivity contribution is 0.227. The summed E-state index contributed by atoms with van der Waals surface area (Å²) in [5.74, 6) is 1.38. The molecule has 1 aromatic heterocycles. The van der Waals surface area contributed by atoms with Crippen molar-refractivity contribution in [3.63, 3.8) is 0 Å². The molecule has 0 saturated carbocycles. The van der Waals surface area contributed by atoms with Crippen LogP contribution >= 0.6 is 23.2 Å². The topological polar surface area (TPSA) is 45.4 Å². The van der Waals surface area contributed by atoms with E-state index >= 15 is 0 Å². The van der Waals surface area contributed by atoms with E-state index in [1.165, 1.54) is 0 Å². The summed E-state index contributed by atoms with van der Waals surface area (Å²) in [6.07, 6.45) is 1.64. The monoisotopic (exact) mass is 302 g/mol. The second-order valence-electron chi connectivity index (χ2n) is 5.09. The molecule has 0 spiro atoms. The zero-order chi connectivity index (χ0) is 13.8. The van der Waals surface area contributed by atoms with Crippen molar-refractivity contribution < 1.29 is 0 Å². The summed E-state index contributed by atoms with van der Waals surface area (Å²) in [6, 6.07) is 1.74. The van der Waals surface area contributed by atoms with Crippen molar-refractivity contribution >= 4 is 29.0 Å². The standard InChI is InChI=1S/C13H20Cl2N4/c1-10(7-16)9-18-2-4-19(5-3-18)13-12(15)6-11(14)8-17-13/h6,8,10H,2-5,7,9,16H2,1H3. The van der Waals surface area contributed by atoms with Gasteiger partial charge in [0.1, 0.15) is 5.82 Å². The quantitative estimate of drug-likeness (QED) is 0.925. The number of piperazine rings is 1. The molecule has 19 heavy (non-hydrogen) atoms. The lowest BCUT2D eigenvalue weighted by Crippen LogP contribution is -2.48. The Kier molecular flexibility index (Phi) is 5.28. The molecule has 6 heteroatoms. The molecule has 0 aromatic carbocycles. The van der Waals surface area contributed by atoms with Crippen molar-refractivity contribution in [1.82, 2.24) is 9.88 Å². The van der Waals surface area contributed by atoms with Crippen LogP contribution in [-0.4, -0.2) is 49.2 Å². The zero-order valence-electron chi connectivity index (χ0n) is 11.1. The minimum absolute atomic E-state index is 0.545. The Morgan fingerprint density at radius 2 is 2.00 bits per heavy atom. The number of rotatable bonds is 4. The van der Waals surface area contributed by atoms with E-state index in [1.54, 1.807) is 12.3 Å². The Morgan fingerprint density at radius 3 is 2.58 bits per heavy atom. The molecule has 0 amide bonds. The van der Waals surface area contributed by atoms with E-state index in [-0.39, 0.29) is 0 Å². The number of hydrogen-bond donors (Lipinski definition) is 1. The molecule has 4 nitrogen and oxygen atoms in total. The molecule has 2 rings (SSSR count). The van der Waals surface area contributed by atoms with Gasteiger partial charge in [0.15, 0.2) is 0 Å². The first-order valence-electron chi connectivity index (χ1n) is 6.58. The Balaban J connectivity index is 1.92. The van der Waals surface area contributed by atoms with Crippen LogP contribution < -0.4 is 10.6 Å². The van der Waals surface area contributed by atoms with E-state index in [0.29, 0.717) is 16.0 Å². The molecule has 2 N–H and O–H groups in total. The molecule has 1 unspecified atom stereocenters. The number of halogens is 2. The van der Waals surface area contributed by atoms with E-state index in [1.807, 2.05) is 0 Å². The van der Waals surface area contributed by atoms with Gasteiger partial charge < -0.3 is 10.6 Å². The predicted octanol–water partition coefficient (Wildman–Crippen LogP) is 2.11. The van der Waals surface area contributed by atoms with Crippen molar-refractivity contribution in [2.45, 2.75) is 6.92 Å². The molecule has 1 aliphatic rings. The molecule has 0 aliphatic carbocycles. The van der Waals surface area contributed by atoms with Crippen molar-refractivity contribution in [2.75, 3.05) is 44.2 Å². The third-order valence-electron chi connectivity index (χ3n) is 3.43. The zero-order valence-corrected chi connectivity index (χ0v) is 12.7. The maximum absolute atomic E-state index is 6.19. The van der Waals surface area contributed by atoms with Crippen LogP contribution in [0.1, 0.15) is 6.92 Å². The highest BCUT2D eigenvalue weighted by Crippen LogP contribution is 2.26. The van der Waals surface area contributed by atoms with E-state index in [2.05, 4.69) is 21.7 Å². The minimum atomic E-state index is 0.545. The molecule has 0 bridgehead atoms. The predicted molar refractivity (Wildman–Crippen MR) is 81.1 cm³/mol. The fourth-order valence-electron chi connectivity index (χ4n) is 2.30.